The van der Waals surface area contributed by atoms with Gasteiger partial charge in [0.1, 0.15) is 18.5 Å². The summed E-state index contributed by atoms with van der Waals surface area (Å²) in [7, 11) is 0. The molecule has 1 aromatic carbocycles. The van der Waals surface area contributed by atoms with E-state index in [4.69, 9.17) is 15.2 Å². The van der Waals surface area contributed by atoms with Crippen molar-refractivity contribution in [2.75, 3.05) is 38.6 Å². The first kappa shape index (κ1) is 14.0. The zero-order valence-corrected chi connectivity index (χ0v) is 10.9. The number of ether oxygens (including phenoxy) is 2. The second-order valence-corrected chi connectivity index (χ2v) is 4.50. The molecule has 0 spiro atoms. The van der Waals surface area contributed by atoms with Crippen molar-refractivity contribution in [3.8, 4) is 5.75 Å². The van der Waals surface area contributed by atoms with Gasteiger partial charge in [-0.1, -0.05) is 6.92 Å². The van der Waals surface area contributed by atoms with E-state index in [1.54, 1.807) is 0 Å². The summed E-state index contributed by atoms with van der Waals surface area (Å²) in [5.41, 5.74) is 5.04. The molecule has 1 saturated heterocycles. The van der Waals surface area contributed by atoms with Crippen molar-refractivity contribution in [1.82, 2.24) is 4.90 Å². The van der Waals surface area contributed by atoms with Crippen LogP contribution < -0.4 is 10.5 Å². The highest BCUT2D eigenvalue weighted by Crippen LogP contribution is 2.23. The molecule has 4 nitrogen and oxygen atoms in total. The number of nitrogens with zero attached hydrogens (tertiary/aromatic N) is 1. The first-order valence-electron chi connectivity index (χ1n) is 6.31. The van der Waals surface area contributed by atoms with E-state index in [-0.39, 0.29) is 24.1 Å². The van der Waals surface area contributed by atoms with Crippen molar-refractivity contribution in [2.24, 2.45) is 0 Å². The summed E-state index contributed by atoms with van der Waals surface area (Å²) in [6.45, 7) is 5.44. The Morgan fingerprint density at radius 2 is 2.21 bits per heavy atom. The van der Waals surface area contributed by atoms with Crippen LogP contribution in [0.5, 0.6) is 5.75 Å². The predicted octanol–water partition coefficient (Wildman–Crippen LogP) is 1.65. The summed E-state index contributed by atoms with van der Waals surface area (Å²) in [4.78, 5) is 2.22. The van der Waals surface area contributed by atoms with E-state index in [1.165, 1.54) is 0 Å². The van der Waals surface area contributed by atoms with Gasteiger partial charge < -0.3 is 15.2 Å². The smallest absolute Gasteiger partial charge is 0.167 e. The standard InChI is InChI=1S/C13H18F2N2O2/c1-2-17-3-4-18-9(7-17)8-19-13-6-10(14)12(16)5-11(13)15/h5-6,9H,2-4,7-8,16H2,1H3. The van der Waals surface area contributed by atoms with Crippen LogP contribution in [-0.2, 0) is 4.74 Å². The van der Waals surface area contributed by atoms with Gasteiger partial charge in [0.05, 0.1) is 12.3 Å². The van der Waals surface area contributed by atoms with E-state index >= 15 is 0 Å². The molecule has 0 saturated carbocycles. The van der Waals surface area contributed by atoms with Crippen LogP contribution in [0, 0.1) is 11.6 Å². The molecule has 1 aromatic rings. The number of benzene rings is 1. The van der Waals surface area contributed by atoms with E-state index < -0.39 is 11.6 Å². The first-order chi connectivity index (χ1) is 9.10. The molecule has 0 bridgehead atoms. The Morgan fingerprint density at radius 1 is 1.42 bits per heavy atom. The zero-order chi connectivity index (χ0) is 13.8. The number of rotatable bonds is 4. The lowest BCUT2D eigenvalue weighted by molar-refractivity contribution is -0.0468. The van der Waals surface area contributed by atoms with Crippen LogP contribution in [0.15, 0.2) is 12.1 Å². The van der Waals surface area contributed by atoms with Gasteiger partial charge in [-0.3, -0.25) is 4.90 Å². The van der Waals surface area contributed by atoms with Gasteiger partial charge in [0.15, 0.2) is 11.6 Å². The molecule has 1 aliphatic heterocycles. The molecule has 2 N–H and O–H groups in total. The van der Waals surface area contributed by atoms with Gasteiger partial charge in [-0.25, -0.2) is 8.78 Å². The molecule has 0 aliphatic carbocycles. The maximum absolute atomic E-state index is 13.5. The van der Waals surface area contributed by atoms with Crippen molar-refractivity contribution in [2.45, 2.75) is 13.0 Å². The summed E-state index contributed by atoms with van der Waals surface area (Å²) >= 11 is 0. The molecular formula is C13H18F2N2O2. The van der Waals surface area contributed by atoms with E-state index in [1.807, 2.05) is 0 Å². The van der Waals surface area contributed by atoms with Crippen LogP contribution in [0.25, 0.3) is 0 Å². The summed E-state index contributed by atoms with van der Waals surface area (Å²) < 4.78 is 37.5. The number of halogens is 2. The van der Waals surface area contributed by atoms with E-state index in [9.17, 15) is 8.78 Å². The minimum Gasteiger partial charge on any atom is -0.488 e. The monoisotopic (exact) mass is 272 g/mol. The molecule has 0 aromatic heterocycles. The summed E-state index contributed by atoms with van der Waals surface area (Å²) in [5, 5.41) is 0. The number of nitrogens with two attached hydrogens (primary N) is 1. The third kappa shape index (κ3) is 3.54. The second-order valence-electron chi connectivity index (χ2n) is 4.50. The molecule has 0 amide bonds. The highest BCUT2D eigenvalue weighted by atomic mass is 19.1. The molecule has 1 aliphatic rings. The normalized spacial score (nSPS) is 20.5. The third-order valence-electron chi connectivity index (χ3n) is 3.15. The summed E-state index contributed by atoms with van der Waals surface area (Å²) in [5.74, 6) is -1.48. The van der Waals surface area contributed by atoms with E-state index in [2.05, 4.69) is 11.8 Å². The molecule has 6 heteroatoms. The van der Waals surface area contributed by atoms with Crippen LogP contribution in [0.4, 0.5) is 14.5 Å². The Balaban J connectivity index is 1.93. The number of morpholine rings is 1. The second kappa shape index (κ2) is 6.16. The molecular weight excluding hydrogens is 254 g/mol. The molecule has 1 fully saturated rings. The maximum atomic E-state index is 13.5. The van der Waals surface area contributed by atoms with Gasteiger partial charge >= 0.3 is 0 Å². The molecule has 1 unspecified atom stereocenters. The molecule has 1 heterocycles. The van der Waals surface area contributed by atoms with Gasteiger partial charge in [0, 0.05) is 25.2 Å². The highest BCUT2D eigenvalue weighted by Gasteiger charge is 2.20. The average Bonchev–Trinajstić information content (AvgIpc) is 2.41. The van der Waals surface area contributed by atoms with Gasteiger partial charge in [-0.05, 0) is 6.54 Å². The third-order valence-corrected chi connectivity index (χ3v) is 3.15. The lowest BCUT2D eigenvalue weighted by Crippen LogP contribution is -2.44. The number of likely N-dealkylation sites (N-methyl/N-ethyl adjacent to an activating group) is 1. The van der Waals surface area contributed by atoms with E-state index in [0.29, 0.717) is 6.61 Å². The Hall–Kier alpha value is -1.40. The fourth-order valence-corrected chi connectivity index (χ4v) is 2.01. The largest absolute Gasteiger partial charge is 0.488 e. The SMILES string of the molecule is CCN1CCOC(COc2cc(F)c(N)cc2F)C1. The van der Waals surface area contributed by atoms with E-state index in [0.717, 1.165) is 31.8 Å². The quantitative estimate of drug-likeness (QED) is 0.847. The molecule has 2 rings (SSSR count). The van der Waals surface area contributed by atoms with Crippen molar-refractivity contribution in [3.63, 3.8) is 0 Å². The number of hydrogen-bond donors (Lipinski definition) is 1. The number of anilines is 1. The van der Waals surface area contributed by atoms with Crippen LogP contribution in [0.3, 0.4) is 0 Å². The minimum atomic E-state index is -0.684. The van der Waals surface area contributed by atoms with Crippen molar-refractivity contribution >= 4 is 5.69 Å². The van der Waals surface area contributed by atoms with Crippen LogP contribution in [-0.4, -0.2) is 43.9 Å². The molecule has 1 atom stereocenters. The van der Waals surface area contributed by atoms with Crippen LogP contribution in [0.1, 0.15) is 6.92 Å². The van der Waals surface area contributed by atoms with Crippen molar-refractivity contribution in [1.29, 1.82) is 0 Å². The minimum absolute atomic E-state index is 0.131. The van der Waals surface area contributed by atoms with Crippen molar-refractivity contribution < 1.29 is 18.3 Å². The zero-order valence-electron chi connectivity index (χ0n) is 10.9. The summed E-state index contributed by atoms with van der Waals surface area (Å²) in [6, 6.07) is 1.88. The molecule has 106 valence electrons. The Labute approximate surface area is 111 Å². The first-order valence-corrected chi connectivity index (χ1v) is 6.31. The Bertz CT molecular complexity index is 443. The fourth-order valence-electron chi connectivity index (χ4n) is 2.01. The topological polar surface area (TPSA) is 47.7 Å². The lowest BCUT2D eigenvalue weighted by atomic mass is 10.2. The fraction of sp³-hybridized carbons (Fsp3) is 0.538. The number of nitrogen functional groups attached to an aromatic ring is 1. The maximum Gasteiger partial charge on any atom is 0.167 e. The van der Waals surface area contributed by atoms with Gasteiger partial charge in [0.25, 0.3) is 0 Å². The molecule has 0 radical (unpaired) electrons. The van der Waals surface area contributed by atoms with Crippen LogP contribution in [0.2, 0.25) is 0 Å². The predicted molar refractivity (Wildman–Crippen MR) is 68.1 cm³/mol. The van der Waals surface area contributed by atoms with Gasteiger partial charge in [-0.15, -0.1) is 0 Å². The van der Waals surface area contributed by atoms with Gasteiger partial charge in [-0.2, -0.15) is 0 Å². The lowest BCUT2D eigenvalue weighted by Gasteiger charge is -2.31. The average molecular weight is 272 g/mol. The van der Waals surface area contributed by atoms with Crippen molar-refractivity contribution in [3.05, 3.63) is 23.8 Å². The Kier molecular flexibility index (Phi) is 4.55. The van der Waals surface area contributed by atoms with Gasteiger partial charge in [0.2, 0.25) is 0 Å². The summed E-state index contributed by atoms with van der Waals surface area (Å²) in [6.07, 6.45) is -0.131. The van der Waals surface area contributed by atoms with Crippen LogP contribution >= 0.6 is 0 Å². The molecule has 19 heavy (non-hydrogen) atoms. The number of hydrogen-bond acceptors (Lipinski definition) is 4. The Morgan fingerprint density at radius 3 is 2.95 bits per heavy atom. The highest BCUT2D eigenvalue weighted by molar-refractivity contribution is 5.44.